The van der Waals surface area contributed by atoms with E-state index < -0.39 is 0 Å². The average Bonchev–Trinajstić information content (AvgIpc) is 2.84. The van der Waals surface area contributed by atoms with Crippen LogP contribution in [0.4, 0.5) is 0 Å². The fourth-order valence-electron chi connectivity index (χ4n) is 2.46. The molecule has 1 aromatic heterocycles. The Balaban J connectivity index is 0.000000720. The van der Waals surface area contributed by atoms with E-state index in [9.17, 15) is 0 Å². The minimum atomic E-state index is 0.661. The number of rotatable bonds is 5. The summed E-state index contributed by atoms with van der Waals surface area (Å²) in [5, 5.41) is 0. The Morgan fingerprint density at radius 3 is 1.90 bits per heavy atom. The molecule has 160 valence electrons. The van der Waals surface area contributed by atoms with Crippen molar-refractivity contribution in [2.75, 3.05) is 0 Å². The smallest absolute Gasteiger partial charge is 0.164 e. The maximum absolute atomic E-state index is 4.70. The standard InChI is InChI=1S/C21H18BrN3.C4H6.C2H6/c1-3-9-15(4-2)19-23-20(16-10-6-5-7-11-16)25-21(24-19)17-12-8-13-18(22)14-17;1-3-4-2;1-2/h3-14H,1-2H3;3-4H,1-2H2;1-2H3/b9-3-,15-4+;;. The highest BCUT2D eigenvalue weighted by Crippen LogP contribution is 2.25. The van der Waals surface area contributed by atoms with Crippen molar-refractivity contribution in [3.8, 4) is 22.8 Å². The molecule has 0 N–H and O–H groups in total. The summed E-state index contributed by atoms with van der Waals surface area (Å²) in [6, 6.07) is 18.0. The van der Waals surface area contributed by atoms with Crippen LogP contribution in [-0.4, -0.2) is 15.0 Å². The van der Waals surface area contributed by atoms with Crippen molar-refractivity contribution < 1.29 is 0 Å². The summed E-state index contributed by atoms with van der Waals surface area (Å²) in [5.74, 6) is 2.00. The van der Waals surface area contributed by atoms with E-state index in [0.29, 0.717) is 17.5 Å². The lowest BCUT2D eigenvalue weighted by Gasteiger charge is -2.08. The van der Waals surface area contributed by atoms with Gasteiger partial charge in [0.15, 0.2) is 17.5 Å². The van der Waals surface area contributed by atoms with Gasteiger partial charge in [0, 0.05) is 21.2 Å². The monoisotopic (exact) mass is 475 g/mol. The molecule has 3 rings (SSSR count). The lowest BCUT2D eigenvalue weighted by atomic mass is 10.1. The first-order chi connectivity index (χ1) is 15.1. The van der Waals surface area contributed by atoms with Crippen LogP contribution in [0.15, 0.2) is 103 Å². The molecule has 0 fully saturated rings. The first-order valence-corrected chi connectivity index (χ1v) is 11.0. The Bertz CT molecular complexity index is 1020. The zero-order chi connectivity index (χ0) is 23.1. The Labute approximate surface area is 195 Å². The van der Waals surface area contributed by atoms with Gasteiger partial charge in [0.05, 0.1) is 0 Å². The molecule has 0 unspecified atom stereocenters. The van der Waals surface area contributed by atoms with E-state index in [2.05, 4.69) is 34.1 Å². The summed E-state index contributed by atoms with van der Waals surface area (Å²) in [7, 11) is 0. The van der Waals surface area contributed by atoms with E-state index in [1.165, 1.54) is 0 Å². The van der Waals surface area contributed by atoms with Crippen LogP contribution in [0.2, 0.25) is 0 Å². The molecule has 3 nitrogen and oxygen atoms in total. The molecule has 0 spiro atoms. The summed E-state index contributed by atoms with van der Waals surface area (Å²) in [4.78, 5) is 14.1. The van der Waals surface area contributed by atoms with Gasteiger partial charge >= 0.3 is 0 Å². The van der Waals surface area contributed by atoms with E-state index in [-0.39, 0.29) is 0 Å². The summed E-state index contributed by atoms with van der Waals surface area (Å²) in [5.41, 5.74) is 2.89. The zero-order valence-corrected chi connectivity index (χ0v) is 20.3. The average molecular weight is 476 g/mol. The molecule has 0 saturated heterocycles. The first-order valence-electron chi connectivity index (χ1n) is 10.2. The van der Waals surface area contributed by atoms with Crippen LogP contribution in [-0.2, 0) is 0 Å². The topological polar surface area (TPSA) is 38.7 Å². The Hall–Kier alpha value is -3.11. The van der Waals surface area contributed by atoms with Crippen LogP contribution in [0.5, 0.6) is 0 Å². The highest BCUT2D eigenvalue weighted by atomic mass is 79.9. The number of allylic oxidation sites excluding steroid dienone is 6. The predicted molar refractivity (Wildman–Crippen MR) is 139 cm³/mol. The van der Waals surface area contributed by atoms with Gasteiger partial charge in [-0.25, -0.2) is 15.0 Å². The molecular formula is C27H30BrN3. The number of benzene rings is 2. The maximum Gasteiger partial charge on any atom is 0.164 e. The number of hydrogen-bond acceptors (Lipinski definition) is 3. The molecular weight excluding hydrogens is 446 g/mol. The van der Waals surface area contributed by atoms with Gasteiger partial charge in [-0.15, -0.1) is 0 Å². The molecule has 0 atom stereocenters. The third-order valence-electron chi connectivity index (χ3n) is 3.83. The van der Waals surface area contributed by atoms with Crippen LogP contribution < -0.4 is 0 Å². The van der Waals surface area contributed by atoms with Gasteiger partial charge in [-0.05, 0) is 26.0 Å². The van der Waals surface area contributed by atoms with Crippen molar-refractivity contribution in [1.82, 2.24) is 15.0 Å². The number of nitrogens with zero attached hydrogens (tertiary/aromatic N) is 3. The summed E-state index contributed by atoms with van der Waals surface area (Å²) in [6.45, 7) is 14.7. The van der Waals surface area contributed by atoms with E-state index >= 15 is 0 Å². The minimum Gasteiger partial charge on any atom is -0.208 e. The largest absolute Gasteiger partial charge is 0.208 e. The Kier molecular flexibility index (Phi) is 12.4. The predicted octanol–water partition coefficient (Wildman–Crippen LogP) is 8.33. The van der Waals surface area contributed by atoms with Crippen molar-refractivity contribution in [3.63, 3.8) is 0 Å². The van der Waals surface area contributed by atoms with E-state index in [4.69, 9.17) is 9.97 Å². The normalized spacial score (nSPS) is 10.4. The second kappa shape index (κ2) is 14.8. The summed E-state index contributed by atoms with van der Waals surface area (Å²) < 4.78 is 0.993. The van der Waals surface area contributed by atoms with Gasteiger partial charge in [0.1, 0.15) is 0 Å². The second-order valence-electron chi connectivity index (χ2n) is 5.90. The van der Waals surface area contributed by atoms with Crippen LogP contribution >= 0.6 is 15.9 Å². The molecule has 0 bridgehead atoms. The van der Waals surface area contributed by atoms with Crippen molar-refractivity contribution in [2.24, 2.45) is 0 Å². The molecule has 31 heavy (non-hydrogen) atoms. The fraction of sp³-hybridized carbons (Fsp3) is 0.148. The third kappa shape index (κ3) is 8.27. The first kappa shape index (κ1) is 25.9. The lowest BCUT2D eigenvalue weighted by molar-refractivity contribution is 1.04. The molecule has 0 aliphatic carbocycles. The number of halogens is 1. The van der Waals surface area contributed by atoms with Gasteiger partial charge < -0.3 is 0 Å². The minimum absolute atomic E-state index is 0.661. The van der Waals surface area contributed by atoms with Gasteiger partial charge in [-0.1, -0.05) is 116 Å². The van der Waals surface area contributed by atoms with Gasteiger partial charge in [-0.3, -0.25) is 0 Å². The van der Waals surface area contributed by atoms with E-state index in [1.54, 1.807) is 12.2 Å². The van der Waals surface area contributed by atoms with Crippen molar-refractivity contribution in [3.05, 3.63) is 108 Å². The van der Waals surface area contributed by atoms with Crippen molar-refractivity contribution in [2.45, 2.75) is 27.7 Å². The van der Waals surface area contributed by atoms with E-state index in [0.717, 1.165) is 21.2 Å². The Morgan fingerprint density at radius 1 is 0.806 bits per heavy atom. The molecule has 0 amide bonds. The molecule has 0 radical (unpaired) electrons. The molecule has 2 aromatic carbocycles. The van der Waals surface area contributed by atoms with Crippen LogP contribution in [0, 0.1) is 0 Å². The zero-order valence-electron chi connectivity index (χ0n) is 18.7. The highest BCUT2D eigenvalue weighted by Gasteiger charge is 2.12. The Morgan fingerprint density at radius 2 is 1.39 bits per heavy atom. The maximum atomic E-state index is 4.70. The molecule has 0 aliphatic rings. The van der Waals surface area contributed by atoms with Crippen LogP contribution in [0.1, 0.15) is 33.5 Å². The van der Waals surface area contributed by atoms with Crippen molar-refractivity contribution >= 4 is 21.5 Å². The highest BCUT2D eigenvalue weighted by molar-refractivity contribution is 9.10. The SMILES string of the molecule is C/C=C\C(=C/C)c1nc(-c2ccccc2)nc(-c2cccc(Br)c2)n1.C=CC=C.CC. The number of hydrogen-bond donors (Lipinski definition) is 0. The van der Waals surface area contributed by atoms with Gasteiger partial charge in [-0.2, -0.15) is 0 Å². The second-order valence-corrected chi connectivity index (χ2v) is 6.81. The van der Waals surface area contributed by atoms with Crippen LogP contribution in [0.25, 0.3) is 28.3 Å². The van der Waals surface area contributed by atoms with Crippen LogP contribution in [0.3, 0.4) is 0 Å². The third-order valence-corrected chi connectivity index (χ3v) is 4.33. The van der Waals surface area contributed by atoms with Gasteiger partial charge in [0.2, 0.25) is 0 Å². The molecule has 4 heteroatoms. The molecule has 0 aliphatic heterocycles. The quantitative estimate of drug-likeness (QED) is 0.348. The van der Waals surface area contributed by atoms with Gasteiger partial charge in [0.25, 0.3) is 0 Å². The fourth-order valence-corrected chi connectivity index (χ4v) is 2.86. The summed E-state index contributed by atoms with van der Waals surface area (Å²) >= 11 is 3.52. The molecule has 3 aromatic rings. The molecule has 1 heterocycles. The number of aromatic nitrogens is 3. The molecule has 0 saturated carbocycles. The lowest BCUT2D eigenvalue weighted by Crippen LogP contribution is -2.02. The van der Waals surface area contributed by atoms with Crippen molar-refractivity contribution in [1.29, 1.82) is 0 Å². The van der Waals surface area contributed by atoms with E-state index in [1.807, 2.05) is 101 Å². The summed E-state index contributed by atoms with van der Waals surface area (Å²) in [6.07, 6.45) is 9.28.